The van der Waals surface area contributed by atoms with E-state index in [0.717, 1.165) is 12.0 Å². The maximum atomic E-state index is 11.6. The first-order valence-electron chi connectivity index (χ1n) is 9.87. The highest BCUT2D eigenvalue weighted by Crippen LogP contribution is 2.32. The fourth-order valence-corrected chi connectivity index (χ4v) is 3.25. The number of unbranched alkanes of at least 4 members (excludes halogenated alkanes) is 3. The predicted molar refractivity (Wildman–Crippen MR) is 103 cm³/mol. The third-order valence-corrected chi connectivity index (χ3v) is 5.00. The monoisotopic (exact) mass is 413 g/mol. The van der Waals surface area contributed by atoms with Crippen LogP contribution in [-0.2, 0) is 16.1 Å². The summed E-state index contributed by atoms with van der Waals surface area (Å²) in [5.41, 5.74) is 0.911. The van der Waals surface area contributed by atoms with Gasteiger partial charge in [-0.05, 0) is 18.4 Å². The van der Waals surface area contributed by atoms with Gasteiger partial charge in [0.05, 0.1) is 6.61 Å². The van der Waals surface area contributed by atoms with Gasteiger partial charge in [-0.1, -0.05) is 43.2 Å². The molecule has 1 fully saturated rings. The topological polar surface area (TPSA) is 149 Å². The largest absolute Gasteiger partial charge is 0.445 e. The van der Waals surface area contributed by atoms with E-state index < -0.39 is 42.9 Å². The summed E-state index contributed by atoms with van der Waals surface area (Å²) in [6.07, 6.45) is -3.67. The minimum absolute atomic E-state index is 0.0427. The average Bonchev–Trinajstić information content (AvgIpc) is 2.73. The fourth-order valence-electron chi connectivity index (χ4n) is 3.25. The van der Waals surface area contributed by atoms with E-state index in [-0.39, 0.29) is 13.0 Å². The lowest BCUT2D eigenvalue weighted by atomic mass is 9.89. The van der Waals surface area contributed by atoms with E-state index in [1.807, 2.05) is 30.3 Å². The standard InChI is InChI=1S/C20H31NO8/c22-12-15-16(23)17(24)18(25)20(27,29-15)10-6-1-2-7-11-21-19(26)28-13-14-8-4-3-5-9-14/h3-5,8-9,15-18,22-25,27H,1-2,6-7,10-13H2,(H,21,26)/t15-,16+,17+,18-,20+/m1/s1. The Balaban J connectivity index is 1.57. The number of carbonyl (C=O) groups is 1. The van der Waals surface area contributed by atoms with Crippen LogP contribution in [0, 0.1) is 0 Å². The number of carbonyl (C=O) groups excluding carboxylic acids is 1. The average molecular weight is 413 g/mol. The molecule has 1 amide bonds. The summed E-state index contributed by atoms with van der Waals surface area (Å²) < 4.78 is 10.3. The minimum atomic E-state index is -2.02. The second kappa shape index (κ2) is 11.4. The molecule has 164 valence electrons. The smallest absolute Gasteiger partial charge is 0.407 e. The highest BCUT2D eigenvalue weighted by molar-refractivity contribution is 5.67. The first-order chi connectivity index (χ1) is 13.9. The lowest BCUT2D eigenvalue weighted by Gasteiger charge is -2.45. The van der Waals surface area contributed by atoms with Crippen LogP contribution < -0.4 is 5.32 Å². The molecule has 29 heavy (non-hydrogen) atoms. The van der Waals surface area contributed by atoms with Crippen LogP contribution in [0.4, 0.5) is 4.79 Å². The van der Waals surface area contributed by atoms with E-state index in [4.69, 9.17) is 9.47 Å². The van der Waals surface area contributed by atoms with Gasteiger partial charge in [-0.2, -0.15) is 0 Å². The molecule has 1 heterocycles. The van der Waals surface area contributed by atoms with Crippen molar-refractivity contribution >= 4 is 6.09 Å². The number of alkyl carbamates (subject to hydrolysis) is 1. The molecule has 1 aromatic carbocycles. The van der Waals surface area contributed by atoms with E-state index in [0.29, 0.717) is 25.8 Å². The molecule has 9 nitrogen and oxygen atoms in total. The molecule has 6 N–H and O–H groups in total. The molecule has 0 aromatic heterocycles. The molecule has 0 unspecified atom stereocenters. The summed E-state index contributed by atoms with van der Waals surface area (Å²) in [7, 11) is 0. The summed E-state index contributed by atoms with van der Waals surface area (Å²) in [6.45, 7) is 0.0801. The summed E-state index contributed by atoms with van der Waals surface area (Å²) in [6, 6.07) is 9.38. The maximum absolute atomic E-state index is 11.6. The molecule has 1 aromatic rings. The molecular formula is C20H31NO8. The molecule has 9 heteroatoms. The van der Waals surface area contributed by atoms with Crippen molar-refractivity contribution in [3.05, 3.63) is 35.9 Å². The first kappa shape index (κ1) is 23.5. The van der Waals surface area contributed by atoms with Gasteiger partial charge >= 0.3 is 6.09 Å². The second-order valence-electron chi connectivity index (χ2n) is 7.26. The highest BCUT2D eigenvalue weighted by Gasteiger charge is 2.51. The molecule has 5 atom stereocenters. The Morgan fingerprint density at radius 3 is 2.45 bits per heavy atom. The van der Waals surface area contributed by atoms with Gasteiger partial charge in [0.1, 0.15) is 31.0 Å². The Bertz CT molecular complexity index is 614. The quantitative estimate of drug-likeness (QED) is 0.294. The fraction of sp³-hybridized carbons (Fsp3) is 0.650. The van der Waals surface area contributed by atoms with Crippen LogP contribution in [0.1, 0.15) is 37.7 Å². The molecule has 0 bridgehead atoms. The number of aliphatic hydroxyl groups excluding tert-OH is 4. The molecule has 2 rings (SSSR count). The van der Waals surface area contributed by atoms with Crippen LogP contribution in [0.3, 0.4) is 0 Å². The lowest BCUT2D eigenvalue weighted by Crippen LogP contribution is -2.65. The third kappa shape index (κ3) is 6.91. The van der Waals surface area contributed by atoms with Crippen molar-refractivity contribution in [1.82, 2.24) is 5.32 Å². The van der Waals surface area contributed by atoms with Crippen LogP contribution in [-0.4, -0.2) is 75.0 Å². The number of rotatable bonds is 10. The number of hydrogen-bond acceptors (Lipinski definition) is 8. The number of nitrogens with one attached hydrogen (secondary N) is 1. The summed E-state index contributed by atoms with van der Waals surface area (Å²) >= 11 is 0. The predicted octanol–water partition coefficient (Wildman–Crippen LogP) is 0.0257. The van der Waals surface area contributed by atoms with Crippen LogP contribution in [0.25, 0.3) is 0 Å². The zero-order valence-electron chi connectivity index (χ0n) is 16.3. The SMILES string of the molecule is O=C(NCCCCCC[C@]1(O)O[C@H](CO)[C@H](O)[C@H](O)[C@H]1O)OCc1ccccc1. The van der Waals surface area contributed by atoms with Crippen molar-refractivity contribution in [3.8, 4) is 0 Å². The van der Waals surface area contributed by atoms with Crippen molar-refractivity contribution < 1.29 is 39.8 Å². The normalized spacial score (nSPS) is 29.4. The zero-order valence-corrected chi connectivity index (χ0v) is 16.3. The van der Waals surface area contributed by atoms with Gasteiger partial charge < -0.3 is 40.3 Å². The number of aliphatic hydroxyl groups is 5. The van der Waals surface area contributed by atoms with Crippen LogP contribution in [0.15, 0.2) is 30.3 Å². The Labute approximate surface area is 169 Å². The summed E-state index contributed by atoms with van der Waals surface area (Å²) in [5.74, 6) is -2.02. The molecule has 1 aliphatic heterocycles. The minimum Gasteiger partial charge on any atom is -0.445 e. The van der Waals surface area contributed by atoms with E-state index in [9.17, 15) is 30.3 Å². The molecule has 0 radical (unpaired) electrons. The summed E-state index contributed by atoms with van der Waals surface area (Å²) in [4.78, 5) is 11.6. The van der Waals surface area contributed by atoms with Crippen molar-refractivity contribution in [2.75, 3.05) is 13.2 Å². The Morgan fingerprint density at radius 2 is 1.76 bits per heavy atom. The van der Waals surface area contributed by atoms with Gasteiger partial charge in [0.25, 0.3) is 0 Å². The van der Waals surface area contributed by atoms with E-state index >= 15 is 0 Å². The number of hydrogen-bond donors (Lipinski definition) is 6. The van der Waals surface area contributed by atoms with Crippen molar-refractivity contribution in [2.45, 2.75) is 68.9 Å². The molecular weight excluding hydrogens is 382 g/mol. The van der Waals surface area contributed by atoms with E-state index in [2.05, 4.69) is 5.32 Å². The van der Waals surface area contributed by atoms with Gasteiger partial charge in [-0.15, -0.1) is 0 Å². The number of benzene rings is 1. The van der Waals surface area contributed by atoms with Gasteiger partial charge in [0, 0.05) is 13.0 Å². The van der Waals surface area contributed by atoms with E-state index in [1.54, 1.807) is 0 Å². The molecule has 0 spiro atoms. The Hall–Kier alpha value is -1.75. The second-order valence-corrected chi connectivity index (χ2v) is 7.26. The van der Waals surface area contributed by atoms with Gasteiger partial charge in [0.15, 0.2) is 5.79 Å². The lowest BCUT2D eigenvalue weighted by molar-refractivity contribution is -0.351. The maximum Gasteiger partial charge on any atom is 0.407 e. The van der Waals surface area contributed by atoms with Crippen LogP contribution >= 0.6 is 0 Å². The van der Waals surface area contributed by atoms with Crippen LogP contribution in [0.5, 0.6) is 0 Å². The van der Waals surface area contributed by atoms with Gasteiger partial charge in [-0.25, -0.2) is 4.79 Å². The van der Waals surface area contributed by atoms with Crippen molar-refractivity contribution in [2.24, 2.45) is 0 Å². The molecule has 1 aliphatic rings. The molecule has 1 saturated heterocycles. The molecule has 0 saturated carbocycles. The van der Waals surface area contributed by atoms with E-state index in [1.165, 1.54) is 0 Å². The van der Waals surface area contributed by atoms with Crippen molar-refractivity contribution in [3.63, 3.8) is 0 Å². The van der Waals surface area contributed by atoms with Gasteiger partial charge in [-0.3, -0.25) is 0 Å². The number of amides is 1. The number of ether oxygens (including phenoxy) is 2. The Kier molecular flexibility index (Phi) is 9.28. The third-order valence-electron chi connectivity index (χ3n) is 5.00. The Morgan fingerprint density at radius 1 is 1.07 bits per heavy atom. The molecule has 0 aliphatic carbocycles. The van der Waals surface area contributed by atoms with Crippen molar-refractivity contribution in [1.29, 1.82) is 0 Å². The van der Waals surface area contributed by atoms with Crippen LogP contribution in [0.2, 0.25) is 0 Å². The highest BCUT2D eigenvalue weighted by atomic mass is 16.7. The first-order valence-corrected chi connectivity index (χ1v) is 9.87. The zero-order chi connectivity index (χ0) is 21.3. The summed E-state index contributed by atoms with van der Waals surface area (Å²) in [5, 5.41) is 51.8. The van der Waals surface area contributed by atoms with Gasteiger partial charge in [0.2, 0.25) is 0 Å².